The molecule has 0 aliphatic carbocycles. The molecule has 2 aromatic heterocycles. The van der Waals surface area contributed by atoms with Gasteiger partial charge in [-0.15, -0.1) is 0 Å². The highest BCUT2D eigenvalue weighted by molar-refractivity contribution is 5.95. The number of carbonyl (C=O) groups is 1. The lowest BCUT2D eigenvalue weighted by molar-refractivity contribution is 0.0789. The van der Waals surface area contributed by atoms with E-state index in [4.69, 9.17) is 19.3 Å². The van der Waals surface area contributed by atoms with Crippen molar-refractivity contribution in [3.05, 3.63) is 77.2 Å². The predicted octanol–water partition coefficient (Wildman–Crippen LogP) is 4.18. The van der Waals surface area contributed by atoms with Crippen molar-refractivity contribution in [3.63, 3.8) is 0 Å². The second-order valence-electron chi connectivity index (χ2n) is 8.28. The van der Waals surface area contributed by atoms with Crippen molar-refractivity contribution >= 4 is 11.6 Å². The Morgan fingerprint density at radius 3 is 2.46 bits per heavy atom. The lowest BCUT2D eigenvalue weighted by Crippen LogP contribution is -2.30. The first-order valence-electron chi connectivity index (χ1n) is 11.4. The maximum atomic E-state index is 13.4. The third kappa shape index (κ3) is 4.83. The van der Waals surface area contributed by atoms with Crippen molar-refractivity contribution in [1.29, 1.82) is 0 Å². The first kappa shape index (κ1) is 24.2. The van der Waals surface area contributed by atoms with Crippen LogP contribution in [0.5, 0.6) is 11.5 Å². The van der Waals surface area contributed by atoms with Gasteiger partial charge in [-0.3, -0.25) is 4.79 Å². The lowest BCUT2D eigenvalue weighted by Gasteiger charge is -2.19. The number of rotatable bonds is 9. The molecule has 0 fully saturated rings. The van der Waals surface area contributed by atoms with E-state index in [2.05, 4.69) is 4.98 Å². The van der Waals surface area contributed by atoms with E-state index in [0.29, 0.717) is 41.4 Å². The zero-order valence-corrected chi connectivity index (χ0v) is 20.7. The average molecular weight is 475 g/mol. The third-order valence-electron chi connectivity index (χ3n) is 6.02. The van der Waals surface area contributed by atoms with Gasteiger partial charge in [0.2, 0.25) is 0 Å². The van der Waals surface area contributed by atoms with Gasteiger partial charge in [-0.1, -0.05) is 36.4 Å². The Balaban J connectivity index is 1.62. The summed E-state index contributed by atoms with van der Waals surface area (Å²) in [6.07, 6.45) is 2.30. The monoisotopic (exact) mass is 474 g/mol. The molecule has 0 atom stereocenters. The van der Waals surface area contributed by atoms with E-state index in [1.54, 1.807) is 44.0 Å². The molecule has 1 amide bonds. The lowest BCUT2D eigenvalue weighted by atomic mass is 10.1. The predicted molar refractivity (Wildman–Crippen MR) is 134 cm³/mol. The number of aryl methyl sites for hydroxylation is 1. The van der Waals surface area contributed by atoms with E-state index in [1.165, 1.54) is 0 Å². The Labute approximate surface area is 205 Å². The number of hydrogen-bond donors (Lipinski definition) is 0. The molecule has 0 unspecified atom stereocenters. The Morgan fingerprint density at radius 1 is 1.03 bits per heavy atom. The smallest absolute Gasteiger partial charge is 0.257 e. The molecule has 4 rings (SSSR count). The molecule has 8 heteroatoms. The van der Waals surface area contributed by atoms with E-state index in [-0.39, 0.29) is 12.5 Å². The molecule has 0 radical (unpaired) electrons. The molecule has 0 N–H and O–H groups in total. The van der Waals surface area contributed by atoms with Crippen LogP contribution < -0.4 is 9.47 Å². The van der Waals surface area contributed by atoms with Crippen LogP contribution in [0.1, 0.15) is 27.3 Å². The Hall–Kier alpha value is -3.91. The van der Waals surface area contributed by atoms with E-state index in [1.807, 2.05) is 55.5 Å². The van der Waals surface area contributed by atoms with Gasteiger partial charge in [0.05, 0.1) is 37.8 Å². The molecule has 2 aromatic carbocycles. The highest BCUT2D eigenvalue weighted by atomic mass is 16.5. The molecule has 8 nitrogen and oxygen atoms in total. The van der Waals surface area contributed by atoms with Gasteiger partial charge in [0, 0.05) is 32.5 Å². The van der Waals surface area contributed by atoms with Gasteiger partial charge in [-0.05, 0) is 36.6 Å². The van der Waals surface area contributed by atoms with E-state index < -0.39 is 0 Å². The second kappa shape index (κ2) is 10.6. The molecule has 0 aliphatic heterocycles. The number of fused-ring (bicyclic) bond motifs is 1. The van der Waals surface area contributed by atoms with Crippen LogP contribution in [-0.2, 0) is 17.8 Å². The van der Waals surface area contributed by atoms with Gasteiger partial charge in [-0.2, -0.15) is 5.10 Å². The van der Waals surface area contributed by atoms with Gasteiger partial charge in [0.15, 0.2) is 17.1 Å². The summed E-state index contributed by atoms with van der Waals surface area (Å²) in [7, 11) is 6.61. The second-order valence-corrected chi connectivity index (χ2v) is 8.28. The number of hydrogen-bond acceptors (Lipinski definition) is 6. The van der Waals surface area contributed by atoms with E-state index in [0.717, 1.165) is 22.4 Å². The third-order valence-corrected chi connectivity index (χ3v) is 6.02. The van der Waals surface area contributed by atoms with Gasteiger partial charge >= 0.3 is 0 Å². The number of likely N-dealkylation sites (N-methyl/N-ethyl adjacent to an activating group) is 1. The molecule has 4 aromatic rings. The fourth-order valence-electron chi connectivity index (χ4n) is 4.17. The zero-order chi connectivity index (χ0) is 24.9. The number of amides is 1. The molecule has 35 heavy (non-hydrogen) atoms. The summed E-state index contributed by atoms with van der Waals surface area (Å²) in [5.74, 6) is 1.20. The van der Waals surface area contributed by atoms with Gasteiger partial charge in [-0.25, -0.2) is 9.50 Å². The van der Waals surface area contributed by atoms with Crippen molar-refractivity contribution in [2.24, 2.45) is 0 Å². The fraction of sp³-hybridized carbons (Fsp3) is 0.296. The first-order valence-corrected chi connectivity index (χ1v) is 11.4. The van der Waals surface area contributed by atoms with Crippen molar-refractivity contribution in [2.75, 3.05) is 34.9 Å². The van der Waals surface area contributed by atoms with Crippen LogP contribution in [0.3, 0.4) is 0 Å². The largest absolute Gasteiger partial charge is 0.493 e. The van der Waals surface area contributed by atoms with Crippen LogP contribution in [0.15, 0.2) is 54.7 Å². The van der Waals surface area contributed by atoms with Crippen molar-refractivity contribution in [3.8, 4) is 22.6 Å². The Morgan fingerprint density at radius 2 is 1.77 bits per heavy atom. The molecule has 2 heterocycles. The minimum absolute atomic E-state index is 0.138. The summed E-state index contributed by atoms with van der Waals surface area (Å²) in [6, 6.07) is 15.8. The van der Waals surface area contributed by atoms with Crippen molar-refractivity contribution in [1.82, 2.24) is 19.5 Å². The number of benzene rings is 2. The molecule has 0 saturated carbocycles. The summed E-state index contributed by atoms with van der Waals surface area (Å²) in [5, 5.41) is 4.72. The van der Waals surface area contributed by atoms with Crippen LogP contribution in [-0.4, -0.2) is 60.3 Å². The van der Waals surface area contributed by atoms with Crippen LogP contribution >= 0.6 is 0 Å². The molecule has 0 aliphatic rings. The van der Waals surface area contributed by atoms with Crippen molar-refractivity contribution in [2.45, 2.75) is 20.0 Å². The van der Waals surface area contributed by atoms with Gasteiger partial charge < -0.3 is 19.1 Å². The van der Waals surface area contributed by atoms with Crippen LogP contribution in [0.2, 0.25) is 0 Å². The minimum atomic E-state index is -0.138. The normalized spacial score (nSPS) is 11.0. The van der Waals surface area contributed by atoms with Crippen LogP contribution in [0.25, 0.3) is 16.8 Å². The number of methoxy groups -OCH3 is 3. The molecular formula is C27H30N4O4. The maximum absolute atomic E-state index is 13.4. The summed E-state index contributed by atoms with van der Waals surface area (Å²) in [5.41, 5.74) is 5.70. The summed E-state index contributed by atoms with van der Waals surface area (Å²) in [4.78, 5) is 19.8. The summed E-state index contributed by atoms with van der Waals surface area (Å²) < 4.78 is 17.9. The van der Waals surface area contributed by atoms with E-state index in [9.17, 15) is 4.79 Å². The summed E-state index contributed by atoms with van der Waals surface area (Å²) >= 11 is 0. The van der Waals surface area contributed by atoms with Crippen LogP contribution in [0.4, 0.5) is 0 Å². The highest BCUT2D eigenvalue weighted by Crippen LogP contribution is 2.29. The Kier molecular flexibility index (Phi) is 7.31. The standard InChI is InChI=1S/C27H30N4O4/c1-18-25(20-9-7-6-8-10-20)26-28-16-21(22(17-33-3)31(26)29-18)27(32)30(2)14-13-19-11-12-23(34-4)24(15-19)35-5/h6-12,15-16H,13-14,17H2,1-5H3. The SMILES string of the molecule is COCc1c(C(=O)N(C)CCc2ccc(OC)c(OC)c2)cnc2c(-c3ccccc3)c(C)nn12. The zero-order valence-electron chi connectivity index (χ0n) is 20.7. The molecular weight excluding hydrogens is 444 g/mol. The number of nitrogens with zero attached hydrogens (tertiary/aromatic N) is 4. The molecule has 0 spiro atoms. The number of ether oxygens (including phenoxy) is 3. The number of carbonyl (C=O) groups excluding carboxylic acids is 1. The first-order chi connectivity index (χ1) is 17.0. The average Bonchev–Trinajstić information content (AvgIpc) is 3.23. The van der Waals surface area contributed by atoms with E-state index >= 15 is 0 Å². The summed E-state index contributed by atoms with van der Waals surface area (Å²) in [6.45, 7) is 2.70. The topological polar surface area (TPSA) is 78.2 Å². The fourth-order valence-corrected chi connectivity index (χ4v) is 4.17. The molecule has 0 saturated heterocycles. The minimum Gasteiger partial charge on any atom is -0.493 e. The van der Waals surface area contributed by atoms with Crippen LogP contribution in [0, 0.1) is 6.92 Å². The molecule has 0 bridgehead atoms. The Bertz CT molecular complexity index is 1330. The number of aromatic nitrogens is 3. The maximum Gasteiger partial charge on any atom is 0.257 e. The quantitative estimate of drug-likeness (QED) is 0.362. The molecule has 182 valence electrons. The highest BCUT2D eigenvalue weighted by Gasteiger charge is 2.23. The van der Waals surface area contributed by atoms with Crippen molar-refractivity contribution < 1.29 is 19.0 Å². The van der Waals surface area contributed by atoms with Gasteiger partial charge in [0.25, 0.3) is 5.91 Å². The van der Waals surface area contributed by atoms with Gasteiger partial charge in [0.1, 0.15) is 0 Å².